The van der Waals surface area contributed by atoms with Crippen LogP contribution in [0.4, 0.5) is 0 Å². The monoisotopic (exact) mass is 400 g/mol. The molecule has 0 aromatic heterocycles. The Bertz CT molecular complexity index is 740. The highest BCUT2D eigenvalue weighted by Crippen LogP contribution is 2.34. The van der Waals surface area contributed by atoms with Crippen LogP contribution in [0.25, 0.3) is 6.08 Å². The molecule has 0 unspecified atom stereocenters. The normalized spacial score (nSPS) is 18.9. The van der Waals surface area contributed by atoms with Crippen molar-refractivity contribution in [3.05, 3.63) is 52.7 Å². The molecule has 1 aliphatic heterocycles. The van der Waals surface area contributed by atoms with Crippen LogP contribution < -0.4 is 10.7 Å². The van der Waals surface area contributed by atoms with Gasteiger partial charge in [0.25, 0.3) is 0 Å². The first-order valence-electron chi connectivity index (χ1n) is 9.65. The summed E-state index contributed by atoms with van der Waals surface area (Å²) in [4.78, 5) is 2.42. The van der Waals surface area contributed by atoms with Crippen LogP contribution in [0.3, 0.4) is 0 Å². The molecule has 28 heavy (non-hydrogen) atoms. The van der Waals surface area contributed by atoms with Crippen LogP contribution in [0, 0.1) is 0 Å². The number of hydrogen-bond acceptors (Lipinski definition) is 5. The van der Waals surface area contributed by atoms with Crippen LogP contribution >= 0.6 is 12.2 Å². The van der Waals surface area contributed by atoms with E-state index < -0.39 is 0 Å². The summed E-state index contributed by atoms with van der Waals surface area (Å²) in [5.41, 5.74) is 8.00. The fourth-order valence-electron chi connectivity index (χ4n) is 3.40. The van der Waals surface area contributed by atoms with Crippen molar-refractivity contribution in [2.24, 2.45) is 5.10 Å². The lowest BCUT2D eigenvalue weighted by Gasteiger charge is -2.31. The molecular formula is C21H28N4O2S. The highest BCUT2D eigenvalue weighted by Gasteiger charge is 2.25. The first-order valence-corrected chi connectivity index (χ1v) is 10.1. The third-order valence-electron chi connectivity index (χ3n) is 4.72. The van der Waals surface area contributed by atoms with Crippen LogP contribution in [-0.4, -0.2) is 62.8 Å². The number of nitrogens with one attached hydrogen (secondary N) is 2. The number of hydrazone groups is 1. The summed E-state index contributed by atoms with van der Waals surface area (Å²) < 4.78 is 10.5. The van der Waals surface area contributed by atoms with E-state index in [4.69, 9.17) is 21.7 Å². The lowest BCUT2D eigenvalue weighted by Crippen LogP contribution is -2.36. The summed E-state index contributed by atoms with van der Waals surface area (Å²) in [5, 5.41) is 7.91. The molecule has 0 saturated carbocycles. The Labute approximate surface area is 172 Å². The molecule has 1 aliphatic carbocycles. The van der Waals surface area contributed by atoms with Crippen LogP contribution in [0.15, 0.2) is 52.3 Å². The Hall–Kier alpha value is -2.22. The highest BCUT2D eigenvalue weighted by atomic mass is 32.1. The van der Waals surface area contributed by atoms with E-state index in [-0.39, 0.29) is 0 Å². The minimum absolute atomic E-state index is 0.500. The van der Waals surface area contributed by atoms with Crippen molar-refractivity contribution in [1.29, 1.82) is 0 Å². The summed E-state index contributed by atoms with van der Waals surface area (Å²) in [7, 11) is 1.66. The number of allylic oxidation sites excluding steroid dienone is 2. The lowest BCUT2D eigenvalue weighted by molar-refractivity contribution is 0.0548. The molecule has 0 bridgehead atoms. The molecular weight excluding hydrogens is 372 g/mol. The Balaban J connectivity index is 1.74. The van der Waals surface area contributed by atoms with Gasteiger partial charge in [-0.25, -0.2) is 0 Å². The molecule has 1 heterocycles. The van der Waals surface area contributed by atoms with Gasteiger partial charge in [0.1, 0.15) is 0 Å². The zero-order valence-electron chi connectivity index (χ0n) is 16.3. The Morgan fingerprint density at radius 3 is 2.79 bits per heavy atom. The van der Waals surface area contributed by atoms with E-state index in [2.05, 4.69) is 51.1 Å². The van der Waals surface area contributed by atoms with Crippen molar-refractivity contribution >= 4 is 29.6 Å². The average Bonchev–Trinajstić information content (AvgIpc) is 3.12. The molecule has 0 atom stereocenters. The van der Waals surface area contributed by atoms with E-state index in [1.807, 2.05) is 12.3 Å². The Morgan fingerprint density at radius 2 is 2.04 bits per heavy atom. The highest BCUT2D eigenvalue weighted by molar-refractivity contribution is 7.80. The van der Waals surface area contributed by atoms with Gasteiger partial charge in [0, 0.05) is 32.4 Å². The third kappa shape index (κ3) is 5.89. The maximum Gasteiger partial charge on any atom is 0.187 e. The quantitative estimate of drug-likeness (QED) is 0.318. The molecule has 2 N–H and O–H groups in total. The van der Waals surface area contributed by atoms with Gasteiger partial charge < -0.3 is 19.7 Å². The fourth-order valence-corrected chi connectivity index (χ4v) is 3.55. The number of nitrogens with zero attached hydrogens (tertiary/aromatic N) is 2. The van der Waals surface area contributed by atoms with Gasteiger partial charge in [0.15, 0.2) is 5.11 Å². The topological polar surface area (TPSA) is 58.1 Å². The molecule has 150 valence electrons. The molecule has 0 radical (unpaired) electrons. The number of morpholine rings is 1. The van der Waals surface area contributed by atoms with E-state index in [9.17, 15) is 0 Å². The average molecular weight is 401 g/mol. The molecule has 7 heteroatoms. The van der Waals surface area contributed by atoms with Crippen molar-refractivity contribution < 1.29 is 9.47 Å². The van der Waals surface area contributed by atoms with Crippen LogP contribution in [0.2, 0.25) is 0 Å². The minimum Gasteiger partial charge on any atom is -0.383 e. The van der Waals surface area contributed by atoms with Gasteiger partial charge in [-0.15, -0.1) is 0 Å². The van der Waals surface area contributed by atoms with Crippen molar-refractivity contribution in [2.75, 3.05) is 46.6 Å². The first kappa shape index (κ1) is 20.5. The standard InChI is InChI=1S/C21H28N4O2S/c1-26-12-9-22-21(28)24-23-16-19-8-7-18(15-17-5-3-2-4-6-17)20(19)25-10-13-27-14-11-25/h2-6,15-16H,7-14H2,1H3,(H2,22,24,28)/b18-15?,23-16-. The second-order valence-corrected chi connectivity index (χ2v) is 7.08. The largest absolute Gasteiger partial charge is 0.383 e. The summed E-state index contributed by atoms with van der Waals surface area (Å²) in [5.74, 6) is 0. The van der Waals surface area contributed by atoms with Crippen molar-refractivity contribution in [3.8, 4) is 0 Å². The van der Waals surface area contributed by atoms with Gasteiger partial charge in [-0.1, -0.05) is 30.3 Å². The van der Waals surface area contributed by atoms with Crippen molar-refractivity contribution in [2.45, 2.75) is 12.8 Å². The number of rotatable bonds is 7. The Kier molecular flexibility index (Phi) is 8.02. The van der Waals surface area contributed by atoms with Crippen molar-refractivity contribution in [3.63, 3.8) is 0 Å². The summed E-state index contributed by atoms with van der Waals surface area (Å²) in [6, 6.07) is 10.5. The number of ether oxygens (including phenoxy) is 2. The summed E-state index contributed by atoms with van der Waals surface area (Å²) >= 11 is 5.23. The fraction of sp³-hybridized carbons (Fsp3) is 0.429. The zero-order valence-corrected chi connectivity index (χ0v) is 17.1. The van der Waals surface area contributed by atoms with Crippen LogP contribution in [0.1, 0.15) is 18.4 Å². The molecule has 1 saturated heterocycles. The van der Waals surface area contributed by atoms with Crippen LogP contribution in [0.5, 0.6) is 0 Å². The summed E-state index contributed by atoms with van der Waals surface area (Å²) in [6.07, 6.45) is 6.18. The number of methoxy groups -OCH3 is 1. The van der Waals surface area contributed by atoms with E-state index in [1.165, 1.54) is 22.4 Å². The van der Waals surface area contributed by atoms with Gasteiger partial charge in [0.2, 0.25) is 0 Å². The molecule has 1 fully saturated rings. The van der Waals surface area contributed by atoms with E-state index in [0.29, 0.717) is 18.3 Å². The van der Waals surface area contributed by atoms with Gasteiger partial charge in [-0.3, -0.25) is 5.43 Å². The van der Waals surface area contributed by atoms with Gasteiger partial charge >= 0.3 is 0 Å². The maximum atomic E-state index is 5.54. The van der Waals surface area contributed by atoms with Crippen molar-refractivity contribution in [1.82, 2.24) is 15.6 Å². The van der Waals surface area contributed by atoms with Gasteiger partial charge in [-0.05, 0) is 47.8 Å². The van der Waals surface area contributed by atoms with E-state index >= 15 is 0 Å². The lowest BCUT2D eigenvalue weighted by atomic mass is 10.1. The van der Waals surface area contributed by atoms with E-state index in [1.54, 1.807) is 7.11 Å². The SMILES string of the molecule is COCCNC(=S)N/N=C\C1=C(N2CCOCC2)C(=Cc2ccccc2)CC1. The van der Waals surface area contributed by atoms with E-state index in [0.717, 1.165) is 39.1 Å². The predicted molar refractivity (Wildman–Crippen MR) is 117 cm³/mol. The molecule has 1 aromatic rings. The number of benzene rings is 1. The number of thiocarbonyl (C=S) groups is 1. The molecule has 0 spiro atoms. The predicted octanol–water partition coefficient (Wildman–Crippen LogP) is 2.55. The zero-order chi connectivity index (χ0) is 19.6. The molecule has 2 aliphatic rings. The second-order valence-electron chi connectivity index (χ2n) is 6.67. The second kappa shape index (κ2) is 10.9. The van der Waals surface area contributed by atoms with Crippen LogP contribution in [-0.2, 0) is 9.47 Å². The van der Waals surface area contributed by atoms with Gasteiger partial charge in [-0.2, -0.15) is 5.10 Å². The number of hydrogen-bond donors (Lipinski definition) is 2. The molecule has 3 rings (SSSR count). The first-order chi connectivity index (χ1) is 13.8. The third-order valence-corrected chi connectivity index (χ3v) is 4.95. The maximum absolute atomic E-state index is 5.54. The van der Waals surface area contributed by atoms with Gasteiger partial charge in [0.05, 0.1) is 26.0 Å². The molecule has 6 nitrogen and oxygen atoms in total. The molecule has 0 amide bonds. The Morgan fingerprint density at radius 1 is 1.25 bits per heavy atom. The minimum atomic E-state index is 0.500. The molecule has 1 aromatic carbocycles. The summed E-state index contributed by atoms with van der Waals surface area (Å²) in [6.45, 7) is 4.60. The smallest absolute Gasteiger partial charge is 0.187 e.